The minimum Gasteiger partial charge on any atom is -0.422 e. The molecule has 0 unspecified atom stereocenters. The summed E-state index contributed by atoms with van der Waals surface area (Å²) in [5.41, 5.74) is 5.29. The Morgan fingerprint density at radius 2 is 1.71 bits per heavy atom. The zero-order valence-corrected chi connectivity index (χ0v) is 15.0. The normalized spacial score (nSPS) is 13.8. The highest BCUT2D eigenvalue weighted by Crippen LogP contribution is 2.32. The fourth-order valence-corrected chi connectivity index (χ4v) is 4.33. The predicted octanol–water partition coefficient (Wildman–Crippen LogP) is 4.82. The number of aromatic nitrogens is 1. The SMILES string of the molecule is O=c1cc(C2=NCCc3c2[nH]c2ccccc32)c2ccc3ccccc3c2o1. The Morgan fingerprint density at radius 3 is 2.64 bits per heavy atom. The van der Waals surface area contributed by atoms with Gasteiger partial charge in [0.2, 0.25) is 0 Å². The number of hydrogen-bond acceptors (Lipinski definition) is 3. The lowest BCUT2D eigenvalue weighted by atomic mass is 9.95. The summed E-state index contributed by atoms with van der Waals surface area (Å²) < 4.78 is 5.63. The Bertz CT molecular complexity index is 1490. The minimum absolute atomic E-state index is 0.357. The van der Waals surface area contributed by atoms with Crippen LogP contribution in [0.3, 0.4) is 0 Å². The summed E-state index contributed by atoms with van der Waals surface area (Å²) in [6, 6.07) is 21.9. The van der Waals surface area contributed by atoms with Gasteiger partial charge in [-0.25, -0.2) is 4.79 Å². The number of nitrogens with zero attached hydrogens (tertiary/aromatic N) is 1. The molecule has 3 heterocycles. The molecule has 5 aromatic rings. The van der Waals surface area contributed by atoms with Crippen molar-refractivity contribution >= 4 is 38.4 Å². The Morgan fingerprint density at radius 1 is 0.893 bits per heavy atom. The van der Waals surface area contributed by atoms with Crippen LogP contribution in [0.15, 0.2) is 80.9 Å². The molecular formula is C24H16N2O2. The molecule has 6 rings (SSSR count). The van der Waals surface area contributed by atoms with Crippen LogP contribution >= 0.6 is 0 Å². The van der Waals surface area contributed by atoms with Gasteiger partial charge in [0.25, 0.3) is 0 Å². The van der Waals surface area contributed by atoms with Crippen molar-refractivity contribution in [2.75, 3.05) is 6.54 Å². The molecule has 1 N–H and O–H groups in total. The Kier molecular flexibility index (Phi) is 3.12. The number of H-pyrrole nitrogens is 1. The Balaban J connectivity index is 1.69. The van der Waals surface area contributed by atoms with Crippen molar-refractivity contribution in [1.29, 1.82) is 0 Å². The summed E-state index contributed by atoms with van der Waals surface area (Å²) in [4.78, 5) is 20.8. The average molecular weight is 364 g/mol. The molecule has 0 spiro atoms. The van der Waals surface area contributed by atoms with E-state index in [-0.39, 0.29) is 5.63 Å². The number of nitrogens with one attached hydrogen (secondary N) is 1. The van der Waals surface area contributed by atoms with Crippen molar-refractivity contribution in [3.05, 3.63) is 94.0 Å². The van der Waals surface area contributed by atoms with Gasteiger partial charge in [-0.2, -0.15) is 0 Å². The number of aliphatic imine (C=N–C) groups is 1. The van der Waals surface area contributed by atoms with Gasteiger partial charge in [-0.05, 0) is 29.5 Å². The summed E-state index contributed by atoms with van der Waals surface area (Å²) in [5, 5.41) is 4.12. The smallest absolute Gasteiger partial charge is 0.336 e. The lowest BCUT2D eigenvalue weighted by Crippen LogP contribution is -2.16. The van der Waals surface area contributed by atoms with Crippen LogP contribution in [0.4, 0.5) is 0 Å². The van der Waals surface area contributed by atoms with Crippen LogP contribution in [-0.2, 0) is 6.42 Å². The van der Waals surface area contributed by atoms with E-state index >= 15 is 0 Å². The molecule has 0 bridgehead atoms. The molecule has 4 heteroatoms. The van der Waals surface area contributed by atoms with Gasteiger partial charge in [-0.15, -0.1) is 0 Å². The topological polar surface area (TPSA) is 58.4 Å². The summed E-state index contributed by atoms with van der Waals surface area (Å²) in [7, 11) is 0. The second-order valence-corrected chi connectivity index (χ2v) is 7.15. The molecule has 0 saturated carbocycles. The lowest BCUT2D eigenvalue weighted by molar-refractivity contribution is 0.564. The third-order valence-corrected chi connectivity index (χ3v) is 5.57. The quantitative estimate of drug-likeness (QED) is 0.342. The van der Waals surface area contributed by atoms with Crippen LogP contribution in [-0.4, -0.2) is 17.2 Å². The first-order chi connectivity index (χ1) is 13.8. The highest BCUT2D eigenvalue weighted by Gasteiger charge is 2.23. The Hall–Kier alpha value is -3.66. The Labute approximate surface area is 160 Å². The van der Waals surface area contributed by atoms with E-state index in [9.17, 15) is 4.79 Å². The number of hydrogen-bond donors (Lipinski definition) is 1. The van der Waals surface area contributed by atoms with Gasteiger partial charge in [0.15, 0.2) is 0 Å². The standard InChI is InChI=1S/C24H16N2O2/c27-21-13-19(18-10-9-14-5-1-2-6-15(14)24(18)28-21)22-23-17(11-12-25-22)16-7-3-4-8-20(16)26-23/h1-10,13,26H,11-12H2. The monoisotopic (exact) mass is 364 g/mol. The van der Waals surface area contributed by atoms with E-state index in [1.165, 1.54) is 10.9 Å². The molecule has 4 nitrogen and oxygen atoms in total. The molecule has 0 radical (unpaired) electrons. The largest absolute Gasteiger partial charge is 0.422 e. The maximum Gasteiger partial charge on any atom is 0.336 e. The molecule has 0 aliphatic carbocycles. The fraction of sp³-hybridized carbons (Fsp3) is 0.0833. The van der Waals surface area contributed by atoms with Crippen LogP contribution in [0.2, 0.25) is 0 Å². The van der Waals surface area contributed by atoms with Gasteiger partial charge in [0, 0.05) is 39.8 Å². The van der Waals surface area contributed by atoms with E-state index in [1.54, 1.807) is 6.07 Å². The first-order valence-electron chi connectivity index (χ1n) is 9.40. The number of benzene rings is 3. The number of para-hydroxylation sites is 1. The first kappa shape index (κ1) is 15.4. The van der Waals surface area contributed by atoms with Crippen molar-refractivity contribution in [3.63, 3.8) is 0 Å². The van der Waals surface area contributed by atoms with Crippen LogP contribution < -0.4 is 5.63 Å². The highest BCUT2D eigenvalue weighted by atomic mass is 16.4. The predicted molar refractivity (Wildman–Crippen MR) is 112 cm³/mol. The maximum absolute atomic E-state index is 12.4. The van der Waals surface area contributed by atoms with E-state index < -0.39 is 0 Å². The summed E-state index contributed by atoms with van der Waals surface area (Å²) in [6.07, 6.45) is 0.894. The molecule has 1 aliphatic heterocycles. The summed E-state index contributed by atoms with van der Waals surface area (Å²) >= 11 is 0. The summed E-state index contributed by atoms with van der Waals surface area (Å²) in [5.74, 6) is 0. The zero-order chi connectivity index (χ0) is 18.7. The average Bonchev–Trinajstić information content (AvgIpc) is 3.12. The number of aromatic amines is 1. The van der Waals surface area contributed by atoms with E-state index in [4.69, 9.17) is 9.41 Å². The molecule has 28 heavy (non-hydrogen) atoms. The van der Waals surface area contributed by atoms with E-state index in [2.05, 4.69) is 29.2 Å². The number of rotatable bonds is 1. The molecular weight excluding hydrogens is 348 g/mol. The number of fused-ring (bicyclic) bond motifs is 6. The molecule has 0 atom stereocenters. The van der Waals surface area contributed by atoms with Crippen LogP contribution in [0.1, 0.15) is 16.8 Å². The maximum atomic E-state index is 12.4. The molecule has 0 fully saturated rings. The highest BCUT2D eigenvalue weighted by molar-refractivity contribution is 6.22. The third kappa shape index (κ3) is 2.12. The molecule has 134 valence electrons. The van der Waals surface area contributed by atoms with Crippen molar-refractivity contribution in [1.82, 2.24) is 4.98 Å². The van der Waals surface area contributed by atoms with Crippen molar-refractivity contribution in [2.24, 2.45) is 4.99 Å². The second kappa shape index (κ2) is 5.67. The van der Waals surface area contributed by atoms with Gasteiger partial charge in [0.1, 0.15) is 5.58 Å². The van der Waals surface area contributed by atoms with Gasteiger partial charge < -0.3 is 9.40 Å². The fourth-order valence-electron chi connectivity index (χ4n) is 4.33. The van der Waals surface area contributed by atoms with Crippen molar-refractivity contribution in [3.8, 4) is 0 Å². The first-order valence-corrected chi connectivity index (χ1v) is 9.40. The van der Waals surface area contributed by atoms with E-state index in [0.717, 1.165) is 45.1 Å². The van der Waals surface area contributed by atoms with E-state index in [1.807, 2.05) is 36.4 Å². The van der Waals surface area contributed by atoms with Gasteiger partial charge in [0.05, 0.1) is 11.4 Å². The van der Waals surface area contributed by atoms with Gasteiger partial charge in [-0.3, -0.25) is 4.99 Å². The van der Waals surface area contributed by atoms with Crippen LogP contribution in [0.5, 0.6) is 0 Å². The van der Waals surface area contributed by atoms with Crippen molar-refractivity contribution in [2.45, 2.75) is 6.42 Å². The molecule has 3 aromatic carbocycles. The van der Waals surface area contributed by atoms with E-state index in [0.29, 0.717) is 12.1 Å². The van der Waals surface area contributed by atoms with Crippen LogP contribution in [0, 0.1) is 0 Å². The van der Waals surface area contributed by atoms with Gasteiger partial charge >= 0.3 is 5.63 Å². The minimum atomic E-state index is -0.357. The lowest BCUT2D eigenvalue weighted by Gasteiger charge is -2.15. The molecule has 0 amide bonds. The zero-order valence-electron chi connectivity index (χ0n) is 15.0. The molecule has 0 saturated heterocycles. The molecule has 2 aromatic heterocycles. The third-order valence-electron chi connectivity index (χ3n) is 5.57. The summed E-state index contributed by atoms with van der Waals surface area (Å²) in [6.45, 7) is 0.708. The van der Waals surface area contributed by atoms with Crippen LogP contribution in [0.25, 0.3) is 32.6 Å². The van der Waals surface area contributed by atoms with Crippen molar-refractivity contribution < 1.29 is 4.42 Å². The molecule has 1 aliphatic rings. The van der Waals surface area contributed by atoms with Gasteiger partial charge in [-0.1, -0.05) is 48.5 Å². The second-order valence-electron chi connectivity index (χ2n) is 7.15.